The standard InChI is InChI=1S/C10H15N3O/c11-10(13-4-1-2-5-13)12-7-9-3-6-14-8-9/h3,6,8H,1-2,4-5,7H2,(H2,11,12). The molecule has 0 spiro atoms. The topological polar surface area (TPSA) is 54.8 Å². The second-order valence-corrected chi connectivity index (χ2v) is 3.50. The number of aliphatic imine (C=N–C) groups is 1. The van der Waals surface area contributed by atoms with Crippen LogP contribution in [0.1, 0.15) is 18.4 Å². The van der Waals surface area contributed by atoms with Gasteiger partial charge in [-0.25, -0.2) is 4.99 Å². The minimum atomic E-state index is 0.610. The lowest BCUT2D eigenvalue weighted by Gasteiger charge is -2.15. The minimum Gasteiger partial charge on any atom is -0.472 e. The summed E-state index contributed by atoms with van der Waals surface area (Å²) in [5, 5.41) is 0. The lowest BCUT2D eigenvalue weighted by Crippen LogP contribution is -2.34. The lowest BCUT2D eigenvalue weighted by molar-refractivity contribution is 0.510. The van der Waals surface area contributed by atoms with Crippen molar-refractivity contribution in [1.29, 1.82) is 0 Å². The molecule has 4 nitrogen and oxygen atoms in total. The van der Waals surface area contributed by atoms with Crippen molar-refractivity contribution in [2.24, 2.45) is 10.7 Å². The third kappa shape index (κ3) is 2.07. The van der Waals surface area contributed by atoms with Crippen molar-refractivity contribution in [2.45, 2.75) is 19.4 Å². The minimum absolute atomic E-state index is 0.610. The zero-order valence-electron chi connectivity index (χ0n) is 8.15. The Morgan fingerprint density at radius 2 is 2.29 bits per heavy atom. The average molecular weight is 193 g/mol. The summed E-state index contributed by atoms with van der Waals surface area (Å²) in [5.74, 6) is 0.656. The van der Waals surface area contributed by atoms with E-state index < -0.39 is 0 Å². The van der Waals surface area contributed by atoms with E-state index in [-0.39, 0.29) is 0 Å². The molecular formula is C10H15N3O. The van der Waals surface area contributed by atoms with Crippen LogP contribution in [0.2, 0.25) is 0 Å². The Kier molecular flexibility index (Phi) is 2.72. The summed E-state index contributed by atoms with van der Waals surface area (Å²) in [5.41, 5.74) is 6.90. The average Bonchev–Trinajstić information content (AvgIpc) is 2.87. The van der Waals surface area contributed by atoms with Gasteiger partial charge in [-0.3, -0.25) is 0 Å². The van der Waals surface area contributed by atoms with Gasteiger partial charge in [-0.2, -0.15) is 0 Å². The molecule has 0 aliphatic carbocycles. The Morgan fingerprint density at radius 1 is 1.50 bits per heavy atom. The molecule has 2 N–H and O–H groups in total. The molecule has 14 heavy (non-hydrogen) atoms. The lowest BCUT2D eigenvalue weighted by atomic mass is 10.3. The third-order valence-corrected chi connectivity index (χ3v) is 2.43. The molecule has 0 amide bonds. The summed E-state index contributed by atoms with van der Waals surface area (Å²) < 4.78 is 4.95. The van der Waals surface area contributed by atoms with Gasteiger partial charge in [-0.1, -0.05) is 0 Å². The van der Waals surface area contributed by atoms with Gasteiger partial charge in [-0.05, 0) is 18.9 Å². The highest BCUT2D eigenvalue weighted by atomic mass is 16.3. The number of nitrogens with zero attached hydrogens (tertiary/aromatic N) is 2. The molecule has 1 aromatic rings. The molecule has 0 atom stereocenters. The molecule has 0 unspecified atom stereocenters. The maximum Gasteiger partial charge on any atom is 0.191 e. The molecule has 0 bridgehead atoms. The molecule has 0 saturated carbocycles. The monoisotopic (exact) mass is 193 g/mol. The Labute approximate surface area is 83.4 Å². The van der Waals surface area contributed by atoms with Gasteiger partial charge < -0.3 is 15.1 Å². The number of nitrogens with two attached hydrogens (primary N) is 1. The molecule has 0 aromatic carbocycles. The number of hydrogen-bond donors (Lipinski definition) is 1. The van der Waals surface area contributed by atoms with Crippen molar-refractivity contribution in [1.82, 2.24) is 4.90 Å². The van der Waals surface area contributed by atoms with Gasteiger partial charge in [0, 0.05) is 18.7 Å². The number of likely N-dealkylation sites (tertiary alicyclic amines) is 1. The fourth-order valence-corrected chi connectivity index (χ4v) is 1.60. The van der Waals surface area contributed by atoms with E-state index in [1.807, 2.05) is 6.07 Å². The molecule has 1 fully saturated rings. The van der Waals surface area contributed by atoms with Crippen LogP contribution < -0.4 is 5.73 Å². The number of hydrogen-bond acceptors (Lipinski definition) is 2. The first-order valence-corrected chi connectivity index (χ1v) is 4.92. The highest BCUT2D eigenvalue weighted by Gasteiger charge is 2.12. The molecule has 1 aromatic heterocycles. The van der Waals surface area contributed by atoms with Crippen molar-refractivity contribution in [3.05, 3.63) is 24.2 Å². The van der Waals surface area contributed by atoms with Gasteiger partial charge in [0.05, 0.1) is 19.1 Å². The fourth-order valence-electron chi connectivity index (χ4n) is 1.60. The van der Waals surface area contributed by atoms with Crippen LogP contribution >= 0.6 is 0 Å². The van der Waals surface area contributed by atoms with Gasteiger partial charge in [0.1, 0.15) is 0 Å². The van der Waals surface area contributed by atoms with Gasteiger partial charge >= 0.3 is 0 Å². The predicted octanol–water partition coefficient (Wildman–Crippen LogP) is 1.19. The van der Waals surface area contributed by atoms with E-state index in [0.717, 1.165) is 18.7 Å². The summed E-state index contributed by atoms with van der Waals surface area (Å²) in [6.07, 6.45) is 5.79. The van der Waals surface area contributed by atoms with E-state index >= 15 is 0 Å². The van der Waals surface area contributed by atoms with Crippen LogP contribution in [0.5, 0.6) is 0 Å². The first-order valence-electron chi connectivity index (χ1n) is 4.92. The normalized spacial score (nSPS) is 17.7. The number of guanidine groups is 1. The Hall–Kier alpha value is -1.45. The number of furan rings is 1. The largest absolute Gasteiger partial charge is 0.472 e. The SMILES string of the molecule is NC(=NCc1ccoc1)N1CCCC1. The van der Waals surface area contributed by atoms with Crippen molar-refractivity contribution in [2.75, 3.05) is 13.1 Å². The maximum absolute atomic E-state index is 5.84. The molecule has 76 valence electrons. The van der Waals surface area contributed by atoms with Crippen molar-refractivity contribution < 1.29 is 4.42 Å². The summed E-state index contributed by atoms with van der Waals surface area (Å²) in [6.45, 7) is 2.69. The van der Waals surface area contributed by atoms with E-state index in [2.05, 4.69) is 9.89 Å². The molecule has 0 radical (unpaired) electrons. The molecular weight excluding hydrogens is 178 g/mol. The molecule has 1 saturated heterocycles. The fraction of sp³-hybridized carbons (Fsp3) is 0.500. The molecule has 4 heteroatoms. The first-order chi connectivity index (χ1) is 6.86. The van der Waals surface area contributed by atoms with E-state index in [9.17, 15) is 0 Å². The Morgan fingerprint density at radius 3 is 2.93 bits per heavy atom. The second kappa shape index (κ2) is 4.17. The molecule has 1 aliphatic rings. The van der Waals surface area contributed by atoms with Gasteiger partial charge in [-0.15, -0.1) is 0 Å². The molecule has 2 heterocycles. The molecule has 2 rings (SSSR count). The van der Waals surface area contributed by atoms with E-state index in [1.54, 1.807) is 12.5 Å². The van der Waals surface area contributed by atoms with Crippen LogP contribution in [0, 0.1) is 0 Å². The van der Waals surface area contributed by atoms with Crippen molar-refractivity contribution in [3.63, 3.8) is 0 Å². The van der Waals surface area contributed by atoms with Crippen molar-refractivity contribution in [3.8, 4) is 0 Å². The Bertz CT molecular complexity index is 299. The van der Waals surface area contributed by atoms with Crippen LogP contribution in [0.3, 0.4) is 0 Å². The maximum atomic E-state index is 5.84. The van der Waals surface area contributed by atoms with E-state index in [0.29, 0.717) is 12.5 Å². The predicted molar refractivity (Wildman–Crippen MR) is 54.8 cm³/mol. The van der Waals surface area contributed by atoms with Crippen LogP contribution in [0.15, 0.2) is 28.0 Å². The summed E-state index contributed by atoms with van der Waals surface area (Å²) in [6, 6.07) is 1.90. The second-order valence-electron chi connectivity index (χ2n) is 3.50. The van der Waals surface area contributed by atoms with Crippen LogP contribution in [0.25, 0.3) is 0 Å². The van der Waals surface area contributed by atoms with Crippen LogP contribution in [-0.4, -0.2) is 23.9 Å². The molecule has 1 aliphatic heterocycles. The first kappa shape index (κ1) is 9.12. The van der Waals surface area contributed by atoms with Gasteiger partial charge in [0.25, 0.3) is 0 Å². The summed E-state index contributed by atoms with van der Waals surface area (Å²) >= 11 is 0. The van der Waals surface area contributed by atoms with Crippen LogP contribution in [0.4, 0.5) is 0 Å². The highest BCUT2D eigenvalue weighted by molar-refractivity contribution is 5.78. The van der Waals surface area contributed by atoms with E-state index in [1.165, 1.54) is 12.8 Å². The summed E-state index contributed by atoms with van der Waals surface area (Å²) in [7, 11) is 0. The zero-order chi connectivity index (χ0) is 9.80. The highest BCUT2D eigenvalue weighted by Crippen LogP contribution is 2.07. The summed E-state index contributed by atoms with van der Waals surface area (Å²) in [4.78, 5) is 6.43. The van der Waals surface area contributed by atoms with E-state index in [4.69, 9.17) is 10.2 Å². The zero-order valence-corrected chi connectivity index (χ0v) is 8.15. The van der Waals surface area contributed by atoms with Crippen LogP contribution in [-0.2, 0) is 6.54 Å². The van der Waals surface area contributed by atoms with Crippen molar-refractivity contribution >= 4 is 5.96 Å². The van der Waals surface area contributed by atoms with Gasteiger partial charge in [0.15, 0.2) is 5.96 Å². The quantitative estimate of drug-likeness (QED) is 0.567. The number of rotatable bonds is 2. The van der Waals surface area contributed by atoms with Gasteiger partial charge in [0.2, 0.25) is 0 Å². The third-order valence-electron chi connectivity index (χ3n) is 2.43. The Balaban J connectivity index is 1.90. The smallest absolute Gasteiger partial charge is 0.191 e.